The Hall–Kier alpha value is -4.04. The zero-order valence-corrected chi connectivity index (χ0v) is 19.2. The maximum Gasteiger partial charge on any atom is 0.252 e. The van der Waals surface area contributed by atoms with Gasteiger partial charge < -0.3 is 9.40 Å². The van der Waals surface area contributed by atoms with Gasteiger partial charge in [-0.25, -0.2) is 4.68 Å². The van der Waals surface area contributed by atoms with Crippen molar-refractivity contribution >= 4 is 10.9 Å². The lowest BCUT2D eigenvalue weighted by Crippen LogP contribution is -2.28. The highest BCUT2D eigenvalue weighted by molar-refractivity contribution is 5.83. The molecule has 8 heteroatoms. The van der Waals surface area contributed by atoms with Crippen molar-refractivity contribution in [2.45, 2.75) is 40.0 Å². The summed E-state index contributed by atoms with van der Waals surface area (Å²) >= 11 is 0. The Bertz CT molecular complexity index is 1450. The lowest BCUT2D eigenvalue weighted by atomic mass is 10.0. The molecule has 0 radical (unpaired) electrons. The maximum absolute atomic E-state index is 13.0. The maximum atomic E-state index is 13.0. The van der Waals surface area contributed by atoms with Crippen LogP contribution in [0.1, 0.15) is 33.8 Å². The molecule has 0 saturated carbocycles. The number of rotatable bonds is 8. The molecular weight excluding hydrogens is 428 g/mol. The summed E-state index contributed by atoms with van der Waals surface area (Å²) in [5.74, 6) is 1.53. The SMILES string of the molecule is Cc1ccc2cc(CN(Cc3ccco3)Cc3nnnn3Cc3ccccc3)c(=O)[nH]c2c1C. The number of hydrogen-bond donors (Lipinski definition) is 1. The average Bonchev–Trinajstić information content (AvgIpc) is 3.50. The predicted octanol–water partition coefficient (Wildman–Crippen LogP) is 3.98. The van der Waals surface area contributed by atoms with Gasteiger partial charge in [0.2, 0.25) is 0 Å². The molecule has 0 fully saturated rings. The Balaban J connectivity index is 1.44. The molecule has 0 aliphatic rings. The van der Waals surface area contributed by atoms with Gasteiger partial charge >= 0.3 is 0 Å². The number of aromatic amines is 1. The van der Waals surface area contributed by atoms with E-state index in [0.29, 0.717) is 31.7 Å². The van der Waals surface area contributed by atoms with Crippen LogP contribution < -0.4 is 5.56 Å². The molecule has 0 aliphatic heterocycles. The number of tetrazole rings is 1. The van der Waals surface area contributed by atoms with Crippen LogP contribution in [0.2, 0.25) is 0 Å². The number of aromatic nitrogens is 5. The number of furan rings is 1. The number of aryl methyl sites for hydroxylation is 2. The smallest absolute Gasteiger partial charge is 0.252 e. The third-order valence-electron chi connectivity index (χ3n) is 6.13. The van der Waals surface area contributed by atoms with E-state index in [-0.39, 0.29) is 5.56 Å². The van der Waals surface area contributed by atoms with E-state index in [1.54, 1.807) is 10.9 Å². The number of pyridine rings is 1. The van der Waals surface area contributed by atoms with Crippen molar-refractivity contribution in [1.29, 1.82) is 0 Å². The third kappa shape index (κ3) is 4.67. The lowest BCUT2D eigenvalue weighted by Gasteiger charge is -2.21. The summed E-state index contributed by atoms with van der Waals surface area (Å²) < 4.78 is 7.38. The van der Waals surface area contributed by atoms with E-state index in [1.165, 1.54) is 0 Å². The van der Waals surface area contributed by atoms with Crippen LogP contribution in [0.15, 0.2) is 76.1 Å². The van der Waals surface area contributed by atoms with Crippen molar-refractivity contribution in [3.8, 4) is 0 Å². The zero-order valence-electron chi connectivity index (χ0n) is 19.2. The van der Waals surface area contributed by atoms with Crippen molar-refractivity contribution in [1.82, 2.24) is 30.1 Å². The third-order valence-corrected chi connectivity index (χ3v) is 6.13. The second kappa shape index (κ2) is 9.44. The summed E-state index contributed by atoms with van der Waals surface area (Å²) in [6.45, 7) is 6.07. The largest absolute Gasteiger partial charge is 0.468 e. The van der Waals surface area contributed by atoms with Gasteiger partial charge in [-0.2, -0.15) is 0 Å². The van der Waals surface area contributed by atoms with Gasteiger partial charge in [-0.3, -0.25) is 9.69 Å². The van der Waals surface area contributed by atoms with Gasteiger partial charge in [-0.15, -0.1) is 5.10 Å². The van der Waals surface area contributed by atoms with Gasteiger partial charge in [0, 0.05) is 12.1 Å². The van der Waals surface area contributed by atoms with Crippen molar-refractivity contribution in [2.75, 3.05) is 0 Å². The van der Waals surface area contributed by atoms with Gasteiger partial charge in [0.05, 0.1) is 31.4 Å². The molecule has 0 unspecified atom stereocenters. The van der Waals surface area contributed by atoms with Gasteiger partial charge in [0.1, 0.15) is 5.76 Å². The quantitative estimate of drug-likeness (QED) is 0.381. The van der Waals surface area contributed by atoms with Crippen LogP contribution in [-0.4, -0.2) is 30.1 Å². The van der Waals surface area contributed by atoms with Crippen molar-refractivity contribution in [3.05, 3.63) is 111 Å². The minimum Gasteiger partial charge on any atom is -0.468 e. The van der Waals surface area contributed by atoms with E-state index in [0.717, 1.165) is 39.2 Å². The summed E-state index contributed by atoms with van der Waals surface area (Å²) in [5.41, 5.74) is 4.84. The van der Waals surface area contributed by atoms with Crippen LogP contribution in [-0.2, 0) is 26.2 Å². The Morgan fingerprint density at radius 3 is 2.65 bits per heavy atom. The summed E-state index contributed by atoms with van der Waals surface area (Å²) in [6, 6.07) is 20.0. The van der Waals surface area contributed by atoms with Gasteiger partial charge in [-0.05, 0) is 64.5 Å². The summed E-state index contributed by atoms with van der Waals surface area (Å²) in [4.78, 5) is 18.2. The number of nitrogens with one attached hydrogen (secondary N) is 1. The molecule has 34 heavy (non-hydrogen) atoms. The first-order valence-electron chi connectivity index (χ1n) is 11.2. The first-order chi connectivity index (χ1) is 16.6. The van der Waals surface area contributed by atoms with Gasteiger partial charge in [-0.1, -0.05) is 42.5 Å². The van der Waals surface area contributed by atoms with Crippen LogP contribution >= 0.6 is 0 Å². The summed E-state index contributed by atoms with van der Waals surface area (Å²) in [7, 11) is 0. The van der Waals surface area contributed by atoms with Gasteiger partial charge in [0.25, 0.3) is 5.56 Å². The molecule has 0 atom stereocenters. The Morgan fingerprint density at radius 1 is 1.00 bits per heavy atom. The molecule has 3 aromatic heterocycles. The lowest BCUT2D eigenvalue weighted by molar-refractivity contribution is 0.217. The topological polar surface area (TPSA) is 92.8 Å². The number of hydrogen-bond acceptors (Lipinski definition) is 6. The first-order valence-corrected chi connectivity index (χ1v) is 11.2. The van der Waals surface area contributed by atoms with Gasteiger partial charge in [0.15, 0.2) is 5.82 Å². The monoisotopic (exact) mass is 454 g/mol. The number of fused-ring (bicyclic) bond motifs is 1. The van der Waals surface area contributed by atoms with E-state index in [9.17, 15) is 4.79 Å². The molecule has 0 aliphatic carbocycles. The molecular formula is C26H26N6O2. The predicted molar refractivity (Wildman–Crippen MR) is 129 cm³/mol. The molecule has 0 saturated heterocycles. The standard InChI is InChI=1S/C26H26N6O2/c1-18-10-11-21-13-22(26(33)27-25(21)19(18)2)15-31(16-23-9-6-12-34-23)17-24-28-29-30-32(24)14-20-7-4-3-5-8-20/h3-13H,14-17H2,1-2H3,(H,27,33). The van der Waals surface area contributed by atoms with E-state index in [1.807, 2.05) is 68.4 Å². The molecule has 5 aromatic rings. The van der Waals surface area contributed by atoms with E-state index in [4.69, 9.17) is 4.42 Å². The molecule has 0 spiro atoms. The van der Waals surface area contributed by atoms with Crippen LogP contribution in [0.5, 0.6) is 0 Å². The Labute approximate surface area is 196 Å². The molecule has 5 rings (SSSR count). The van der Waals surface area contributed by atoms with Crippen molar-refractivity contribution in [2.24, 2.45) is 0 Å². The highest BCUT2D eigenvalue weighted by Gasteiger charge is 2.17. The Kier molecular flexibility index (Phi) is 6.05. The fourth-order valence-corrected chi connectivity index (χ4v) is 4.13. The van der Waals surface area contributed by atoms with Crippen LogP contribution in [0.25, 0.3) is 10.9 Å². The molecule has 0 bridgehead atoms. The highest BCUT2D eigenvalue weighted by atomic mass is 16.3. The molecule has 1 N–H and O–H groups in total. The number of benzene rings is 2. The molecule has 0 amide bonds. The van der Waals surface area contributed by atoms with Crippen LogP contribution in [0.3, 0.4) is 0 Å². The fourth-order valence-electron chi connectivity index (χ4n) is 4.13. The molecule has 2 aromatic carbocycles. The number of H-pyrrole nitrogens is 1. The van der Waals surface area contributed by atoms with E-state index < -0.39 is 0 Å². The summed E-state index contributed by atoms with van der Waals surface area (Å²) in [6.07, 6.45) is 1.65. The van der Waals surface area contributed by atoms with Crippen LogP contribution in [0.4, 0.5) is 0 Å². The second-order valence-corrected chi connectivity index (χ2v) is 8.56. The fraction of sp³-hybridized carbons (Fsp3) is 0.231. The van der Waals surface area contributed by atoms with E-state index >= 15 is 0 Å². The van der Waals surface area contributed by atoms with E-state index in [2.05, 4.69) is 31.5 Å². The Morgan fingerprint density at radius 2 is 1.85 bits per heavy atom. The average molecular weight is 455 g/mol. The molecule has 3 heterocycles. The highest BCUT2D eigenvalue weighted by Crippen LogP contribution is 2.20. The minimum absolute atomic E-state index is 0.0884. The van der Waals surface area contributed by atoms with Crippen molar-refractivity contribution < 1.29 is 4.42 Å². The minimum atomic E-state index is -0.0884. The van der Waals surface area contributed by atoms with Crippen LogP contribution in [0, 0.1) is 13.8 Å². The first kappa shape index (κ1) is 21.8. The number of nitrogens with zero attached hydrogens (tertiary/aromatic N) is 5. The zero-order chi connectivity index (χ0) is 23.5. The molecule has 172 valence electrons. The normalized spacial score (nSPS) is 11.5. The summed E-state index contributed by atoms with van der Waals surface area (Å²) in [5, 5.41) is 13.4. The molecule has 8 nitrogen and oxygen atoms in total. The van der Waals surface area contributed by atoms with Crippen molar-refractivity contribution in [3.63, 3.8) is 0 Å². The second-order valence-electron chi connectivity index (χ2n) is 8.56.